The molecule has 1 aliphatic carbocycles. The molecule has 0 atom stereocenters. The predicted molar refractivity (Wildman–Crippen MR) is 101 cm³/mol. The van der Waals surface area contributed by atoms with Crippen molar-refractivity contribution in [1.29, 1.82) is 0 Å². The van der Waals surface area contributed by atoms with Gasteiger partial charge in [-0.3, -0.25) is 4.79 Å². The van der Waals surface area contributed by atoms with Gasteiger partial charge in [-0.1, -0.05) is 30.9 Å². The number of carbonyl (C=O) groups excluding carboxylic acids is 1. The van der Waals surface area contributed by atoms with Crippen molar-refractivity contribution in [2.24, 2.45) is 0 Å². The molecule has 3 N–H and O–H groups in total. The average molecular weight is 368 g/mol. The van der Waals surface area contributed by atoms with Crippen molar-refractivity contribution in [3.63, 3.8) is 0 Å². The molecule has 5 rings (SSSR count). The first-order chi connectivity index (χ1) is 12.6. The zero-order valence-electron chi connectivity index (χ0n) is 14.1. The number of hydrogen-bond acceptors (Lipinski definition) is 4. The molecule has 1 fully saturated rings. The fourth-order valence-corrected chi connectivity index (χ4v) is 4.72. The average Bonchev–Trinajstić information content (AvgIpc) is 3.17. The molecule has 1 aliphatic heterocycles. The summed E-state index contributed by atoms with van der Waals surface area (Å²) in [5, 5.41) is 4.49. The van der Waals surface area contributed by atoms with E-state index in [4.69, 9.17) is 17.3 Å². The van der Waals surface area contributed by atoms with Crippen LogP contribution in [0, 0.1) is 0 Å². The summed E-state index contributed by atoms with van der Waals surface area (Å²) in [4.78, 5) is 21.0. The number of benzene rings is 1. The van der Waals surface area contributed by atoms with Gasteiger partial charge in [0.05, 0.1) is 21.5 Å². The van der Waals surface area contributed by atoms with Crippen LogP contribution in [0.15, 0.2) is 30.7 Å². The fraction of sp³-hybridized carbons (Fsp3) is 0.316. The highest BCUT2D eigenvalue weighted by molar-refractivity contribution is 6.34. The molecule has 6 nitrogen and oxygen atoms in total. The van der Waals surface area contributed by atoms with Crippen LogP contribution >= 0.6 is 11.6 Å². The number of nitrogens with one attached hydrogen (secondary N) is 1. The minimum atomic E-state index is -0.290. The summed E-state index contributed by atoms with van der Waals surface area (Å²) in [6.07, 6.45) is 8.69. The number of nitrogens with two attached hydrogens (primary N) is 1. The van der Waals surface area contributed by atoms with E-state index in [0.29, 0.717) is 16.4 Å². The predicted octanol–water partition coefficient (Wildman–Crippen LogP) is 3.56. The molecule has 2 aliphatic rings. The van der Waals surface area contributed by atoms with Gasteiger partial charge in [0.2, 0.25) is 0 Å². The highest BCUT2D eigenvalue weighted by atomic mass is 35.5. The summed E-state index contributed by atoms with van der Waals surface area (Å²) in [5.74, 6) is 0.379. The Morgan fingerprint density at radius 1 is 1.19 bits per heavy atom. The van der Waals surface area contributed by atoms with Crippen molar-refractivity contribution >= 4 is 34.4 Å². The van der Waals surface area contributed by atoms with Crippen LogP contribution in [-0.4, -0.2) is 20.4 Å². The first kappa shape index (κ1) is 15.6. The van der Waals surface area contributed by atoms with Gasteiger partial charge in [0.15, 0.2) is 0 Å². The van der Waals surface area contributed by atoms with Crippen LogP contribution in [0.4, 0.5) is 5.82 Å². The number of carbonyl (C=O) groups is 1. The molecule has 0 unspecified atom stereocenters. The van der Waals surface area contributed by atoms with Crippen molar-refractivity contribution in [1.82, 2.24) is 19.9 Å². The van der Waals surface area contributed by atoms with Crippen molar-refractivity contribution in [3.05, 3.63) is 46.9 Å². The van der Waals surface area contributed by atoms with E-state index in [1.54, 1.807) is 0 Å². The standard InChI is InChI=1S/C19H18ClN5O/c20-14-9-11(25-7-4-12-16(21)22-10-23-17(12)25)8-13-15(14)18(26)24-19(13)5-2-1-3-6-19/h4,7-10H,1-3,5-6H2,(H,24,26)(H2,21,22,23). The van der Waals surface area contributed by atoms with E-state index in [1.807, 2.05) is 22.9 Å². The number of aromatic nitrogens is 3. The zero-order chi connectivity index (χ0) is 17.9. The van der Waals surface area contributed by atoms with E-state index in [-0.39, 0.29) is 11.4 Å². The molecule has 1 aromatic carbocycles. The van der Waals surface area contributed by atoms with Crippen molar-refractivity contribution in [3.8, 4) is 5.69 Å². The Morgan fingerprint density at radius 3 is 2.81 bits per heavy atom. The summed E-state index contributed by atoms with van der Waals surface area (Å²) < 4.78 is 1.94. The largest absolute Gasteiger partial charge is 0.383 e. The van der Waals surface area contributed by atoms with Crippen molar-refractivity contribution in [2.75, 3.05) is 5.73 Å². The smallest absolute Gasteiger partial charge is 0.253 e. The molecular formula is C19H18ClN5O. The number of fused-ring (bicyclic) bond motifs is 3. The second-order valence-electron chi connectivity index (χ2n) is 7.13. The van der Waals surface area contributed by atoms with Crippen LogP contribution in [0.25, 0.3) is 16.7 Å². The normalized spacial score (nSPS) is 18.3. The Bertz CT molecular complexity index is 1050. The third kappa shape index (κ3) is 2.08. The second-order valence-corrected chi connectivity index (χ2v) is 7.54. The number of hydrogen-bond donors (Lipinski definition) is 2. The third-order valence-electron chi connectivity index (χ3n) is 5.67. The first-order valence-corrected chi connectivity index (χ1v) is 9.21. The van der Waals surface area contributed by atoms with E-state index in [2.05, 4.69) is 21.4 Å². The SMILES string of the molecule is Nc1ncnc2c1ccn2-c1cc(Cl)c2c(c1)C1(CCCCC1)NC2=O. The lowest BCUT2D eigenvalue weighted by molar-refractivity contribution is 0.0909. The Hall–Kier alpha value is -2.60. The Labute approximate surface area is 155 Å². The van der Waals surface area contributed by atoms with Crippen LogP contribution in [-0.2, 0) is 5.54 Å². The highest BCUT2D eigenvalue weighted by Gasteiger charge is 2.44. The number of amides is 1. The topological polar surface area (TPSA) is 85.8 Å². The lowest BCUT2D eigenvalue weighted by atomic mass is 9.77. The summed E-state index contributed by atoms with van der Waals surface area (Å²) >= 11 is 6.54. The molecule has 3 heterocycles. The van der Waals surface area contributed by atoms with Gasteiger partial charge in [0, 0.05) is 11.9 Å². The minimum absolute atomic E-state index is 0.0672. The van der Waals surface area contributed by atoms with Crippen LogP contribution < -0.4 is 11.1 Å². The van der Waals surface area contributed by atoms with Gasteiger partial charge in [0.1, 0.15) is 17.8 Å². The fourth-order valence-electron chi connectivity index (χ4n) is 4.42. The lowest BCUT2D eigenvalue weighted by Gasteiger charge is -2.34. The second kappa shape index (κ2) is 5.45. The Kier molecular flexibility index (Phi) is 3.28. The molecule has 7 heteroatoms. The number of nitrogens with zero attached hydrogens (tertiary/aromatic N) is 3. The number of nitrogen functional groups attached to an aromatic ring is 1. The van der Waals surface area contributed by atoms with Gasteiger partial charge in [0.25, 0.3) is 5.91 Å². The molecule has 132 valence electrons. The van der Waals surface area contributed by atoms with Crippen LogP contribution in [0.3, 0.4) is 0 Å². The van der Waals surface area contributed by atoms with Gasteiger partial charge in [-0.05, 0) is 36.6 Å². The number of rotatable bonds is 1. The van der Waals surface area contributed by atoms with E-state index in [9.17, 15) is 4.79 Å². The molecule has 3 aromatic rings. The van der Waals surface area contributed by atoms with E-state index < -0.39 is 0 Å². The lowest BCUT2D eigenvalue weighted by Crippen LogP contribution is -2.40. The summed E-state index contributed by atoms with van der Waals surface area (Å²) in [7, 11) is 0. The molecule has 0 bridgehead atoms. The van der Waals surface area contributed by atoms with Gasteiger partial charge in [-0.2, -0.15) is 0 Å². The van der Waals surface area contributed by atoms with Gasteiger partial charge in [-0.15, -0.1) is 0 Å². The molecule has 1 spiro atoms. The van der Waals surface area contributed by atoms with E-state index in [1.165, 1.54) is 12.7 Å². The number of halogens is 1. The zero-order valence-corrected chi connectivity index (χ0v) is 14.9. The first-order valence-electron chi connectivity index (χ1n) is 8.83. The molecule has 1 amide bonds. The van der Waals surface area contributed by atoms with Crippen LogP contribution in [0.2, 0.25) is 5.02 Å². The quantitative estimate of drug-likeness (QED) is 0.688. The van der Waals surface area contributed by atoms with E-state index in [0.717, 1.165) is 48.0 Å². The minimum Gasteiger partial charge on any atom is -0.383 e. The Morgan fingerprint density at radius 2 is 2.00 bits per heavy atom. The third-order valence-corrected chi connectivity index (χ3v) is 5.97. The van der Waals surface area contributed by atoms with Crippen molar-refractivity contribution in [2.45, 2.75) is 37.6 Å². The molecule has 26 heavy (non-hydrogen) atoms. The van der Waals surface area contributed by atoms with Crippen molar-refractivity contribution < 1.29 is 4.79 Å². The van der Waals surface area contributed by atoms with Crippen LogP contribution in [0.1, 0.15) is 48.0 Å². The maximum absolute atomic E-state index is 12.6. The number of anilines is 1. The van der Waals surface area contributed by atoms with Gasteiger partial charge < -0.3 is 15.6 Å². The van der Waals surface area contributed by atoms with Gasteiger partial charge >= 0.3 is 0 Å². The summed E-state index contributed by atoms with van der Waals surface area (Å²) in [5.41, 5.74) is 8.89. The maximum Gasteiger partial charge on any atom is 0.253 e. The summed E-state index contributed by atoms with van der Waals surface area (Å²) in [6.45, 7) is 0. The highest BCUT2D eigenvalue weighted by Crippen LogP contribution is 2.45. The molecule has 0 radical (unpaired) electrons. The van der Waals surface area contributed by atoms with E-state index >= 15 is 0 Å². The molecular weight excluding hydrogens is 350 g/mol. The molecule has 2 aromatic heterocycles. The van der Waals surface area contributed by atoms with Crippen LogP contribution in [0.5, 0.6) is 0 Å². The molecule has 0 saturated heterocycles. The summed E-state index contributed by atoms with van der Waals surface area (Å²) in [6, 6.07) is 5.79. The monoisotopic (exact) mass is 367 g/mol. The Balaban J connectivity index is 1.73. The van der Waals surface area contributed by atoms with Gasteiger partial charge in [-0.25, -0.2) is 9.97 Å². The maximum atomic E-state index is 12.6. The molecule has 1 saturated carbocycles.